The molecule has 0 radical (unpaired) electrons. The van der Waals surface area contributed by atoms with Crippen LogP contribution in [0.2, 0.25) is 74.5 Å². The Balaban J connectivity index is 0.000000196. The molecule has 18 heteroatoms. The minimum atomic E-state index is -1.69. The van der Waals surface area contributed by atoms with E-state index in [-0.39, 0.29) is 29.7 Å². The van der Waals surface area contributed by atoms with Gasteiger partial charge in [0.1, 0.15) is 0 Å². The van der Waals surface area contributed by atoms with E-state index in [0.717, 1.165) is 112 Å². The minimum absolute atomic E-state index is 0. The van der Waals surface area contributed by atoms with Gasteiger partial charge in [-0.05, 0) is 241 Å². The third kappa shape index (κ3) is 20.2. The first-order valence-electron chi connectivity index (χ1n) is 40.5. The molecular formula is C92H132Br8Cl4Si4Zr2. The molecule has 110 heavy (non-hydrogen) atoms. The zero-order valence-electron chi connectivity index (χ0n) is 69.9. The third-order valence-electron chi connectivity index (χ3n) is 30.3. The molecule has 24 unspecified atom stereocenters. The summed E-state index contributed by atoms with van der Waals surface area (Å²) in [4.78, 5) is 3.27. The van der Waals surface area contributed by atoms with Crippen molar-refractivity contribution in [3.63, 3.8) is 0 Å². The number of allylic oxidation sites excluding steroid dienone is 4. The number of halogens is 12. The summed E-state index contributed by atoms with van der Waals surface area (Å²) >= 11 is 29.7. The molecule has 0 bridgehead atoms. The summed E-state index contributed by atoms with van der Waals surface area (Å²) in [5, 5.41) is 0. The Labute approximate surface area is 781 Å². The maximum absolute atomic E-state index is 4.93. The van der Waals surface area contributed by atoms with E-state index >= 15 is 0 Å². The fourth-order valence-electron chi connectivity index (χ4n) is 28.0. The summed E-state index contributed by atoms with van der Waals surface area (Å²) in [5.74, 6) is 12.0. The molecule has 0 spiro atoms. The molecule has 0 aromatic heterocycles. The molecule has 0 heterocycles. The second-order valence-corrected chi connectivity index (χ2v) is 72.9. The van der Waals surface area contributed by atoms with Gasteiger partial charge in [0.2, 0.25) is 0 Å². The summed E-state index contributed by atoms with van der Waals surface area (Å²) in [6.45, 7) is 41.4. The van der Waals surface area contributed by atoms with Crippen LogP contribution in [0.15, 0.2) is 113 Å². The van der Waals surface area contributed by atoms with Gasteiger partial charge >= 0.3 is 75.7 Å². The fraction of sp³-hybridized carbons (Fsp3) is 0.609. The molecule has 8 saturated carbocycles. The van der Waals surface area contributed by atoms with Crippen LogP contribution in [-0.4, -0.2) is 51.6 Å². The summed E-state index contributed by atoms with van der Waals surface area (Å²) < 4.78 is 4.88. The number of hydrogen-bond donors (Lipinski definition) is 0. The number of alkyl halides is 4. The topological polar surface area (TPSA) is 0 Å². The van der Waals surface area contributed by atoms with E-state index in [2.05, 4.69) is 332 Å². The van der Waals surface area contributed by atoms with Crippen LogP contribution in [0.1, 0.15) is 225 Å². The predicted octanol–water partition coefficient (Wildman–Crippen LogP) is 35.7. The van der Waals surface area contributed by atoms with Crippen LogP contribution in [-0.2, 0) is 41.7 Å². The molecule has 16 rings (SSSR count). The van der Waals surface area contributed by atoms with Crippen molar-refractivity contribution in [3.05, 3.63) is 187 Å². The molecule has 0 amide bonds. The van der Waals surface area contributed by atoms with Crippen LogP contribution < -0.4 is 0 Å². The van der Waals surface area contributed by atoms with Crippen molar-refractivity contribution in [1.29, 1.82) is 0 Å². The van der Waals surface area contributed by atoms with Crippen molar-refractivity contribution in [2.45, 2.75) is 274 Å². The summed E-state index contributed by atoms with van der Waals surface area (Å²) in [5.41, 5.74) is 24.3. The SMILES string of the molecule is CC1=Cc2c(Br)cccc2C1[Si](C)(C)C1C(C)=Cc2c(Br)cccc21.CC1=Cc2c(Br)cccc2C1[Si](C)(C)C1C(C)=Cc2c(Br)cccc21.CC1CC2C(Br)CCCC2C1[Si](C)(C)C1C(C)CC2C(Br)CCCC21.CC1CC2C(Br)CCCC2C1[Si](C)(C)C1C(C)CC2C(Br)CCCC21.[CH3-].[CH3-].[CH3-].[CH3-].[Cl][Zr+2][Cl].[Cl][Zr+2][Cl]. The number of hydrogen-bond acceptors (Lipinski definition) is 0. The van der Waals surface area contributed by atoms with Crippen LogP contribution in [0, 0.1) is 101 Å². The van der Waals surface area contributed by atoms with Gasteiger partial charge in [0.05, 0.1) is 32.3 Å². The van der Waals surface area contributed by atoms with Crippen LogP contribution >= 0.6 is 161 Å². The zero-order valence-corrected chi connectivity index (χ0v) is 94.6. The molecule has 24 atom stereocenters. The van der Waals surface area contributed by atoms with Crippen LogP contribution in [0.4, 0.5) is 0 Å². The van der Waals surface area contributed by atoms with Crippen LogP contribution in [0.25, 0.3) is 24.3 Å². The van der Waals surface area contributed by atoms with Gasteiger partial charge in [-0.15, -0.1) is 0 Å². The van der Waals surface area contributed by atoms with E-state index in [0.29, 0.717) is 22.2 Å². The number of fused-ring (bicyclic) bond motifs is 8. The van der Waals surface area contributed by atoms with E-state index in [4.69, 9.17) is 34.1 Å². The Morgan fingerprint density at radius 2 is 0.482 bits per heavy atom. The molecule has 608 valence electrons. The molecular weight excluding hydrogens is 2180 g/mol. The standard InChI is InChI=1S/2C22H38Br2Si.2C22H22Br2Si.4CH3.4ClH.2Zr/c4*1-13-11-17-15(7-5-9-19(17)23)21(13)25(3,4)22-14(2)12-18-16(22)8-6-10-20(18)24;;;;;;;;;;/h2*13-22H,5-12H2,1-4H3;2*5-12,21-22H,1-4H3;4*1H3;4*1H;;/q;;;;4*-1;;;;;2*+4/p-4. The van der Waals surface area contributed by atoms with Gasteiger partial charge in [-0.25, -0.2) is 0 Å². The molecule has 4 aromatic rings. The first kappa shape index (κ1) is 101. The van der Waals surface area contributed by atoms with Gasteiger partial charge < -0.3 is 29.7 Å². The summed E-state index contributed by atoms with van der Waals surface area (Å²) in [7, 11) is 13.8. The van der Waals surface area contributed by atoms with Crippen molar-refractivity contribution in [2.75, 3.05) is 0 Å². The predicted molar refractivity (Wildman–Crippen MR) is 525 cm³/mol. The normalized spacial score (nSPS) is 34.4. The van der Waals surface area contributed by atoms with Gasteiger partial charge in [0.25, 0.3) is 0 Å². The van der Waals surface area contributed by atoms with Crippen molar-refractivity contribution in [1.82, 2.24) is 0 Å². The fourth-order valence-corrected chi connectivity index (χ4v) is 57.0. The van der Waals surface area contributed by atoms with Gasteiger partial charge in [0.15, 0.2) is 0 Å². The Bertz CT molecular complexity index is 3400. The average molecular weight is 2310 g/mol. The monoisotopic (exact) mass is 2300 g/mol. The van der Waals surface area contributed by atoms with E-state index in [9.17, 15) is 0 Å². The van der Waals surface area contributed by atoms with Crippen LogP contribution in [0.3, 0.4) is 0 Å². The van der Waals surface area contributed by atoms with E-state index in [1.165, 1.54) is 187 Å². The quantitative estimate of drug-likeness (QED) is 0.0937. The third-order valence-corrected chi connectivity index (χ3v) is 57.5. The molecule has 8 fully saturated rings. The summed E-state index contributed by atoms with van der Waals surface area (Å²) in [6.07, 6.45) is 33.4. The van der Waals surface area contributed by atoms with E-state index in [1.54, 1.807) is 0 Å². The Hall–Kier alpha value is 3.47. The van der Waals surface area contributed by atoms with Crippen molar-refractivity contribution >= 4 is 218 Å². The van der Waals surface area contributed by atoms with E-state index in [1.807, 2.05) is 0 Å². The van der Waals surface area contributed by atoms with Gasteiger partial charge in [0, 0.05) is 59.4 Å². The van der Waals surface area contributed by atoms with Gasteiger partial charge in [-0.1, -0.05) is 354 Å². The molecule has 4 aromatic carbocycles. The van der Waals surface area contributed by atoms with E-state index < -0.39 is 74.0 Å². The van der Waals surface area contributed by atoms with Gasteiger partial charge in [-0.2, -0.15) is 0 Å². The Morgan fingerprint density at radius 1 is 0.300 bits per heavy atom. The zero-order chi connectivity index (χ0) is 77.1. The Kier molecular flexibility index (Phi) is 38.8. The molecule has 12 aliphatic carbocycles. The second kappa shape index (κ2) is 42.4. The first-order chi connectivity index (χ1) is 50.1. The molecule has 0 N–H and O–H groups in total. The van der Waals surface area contributed by atoms with Gasteiger partial charge in [-0.3, -0.25) is 0 Å². The molecule has 0 nitrogen and oxygen atoms in total. The van der Waals surface area contributed by atoms with Crippen molar-refractivity contribution in [3.8, 4) is 0 Å². The van der Waals surface area contributed by atoms with Crippen LogP contribution in [0.5, 0.6) is 0 Å². The van der Waals surface area contributed by atoms with Crippen molar-refractivity contribution in [2.24, 2.45) is 71.0 Å². The molecule has 0 saturated heterocycles. The second-order valence-electron chi connectivity index (χ2n) is 37.7. The Morgan fingerprint density at radius 3 is 0.664 bits per heavy atom. The maximum atomic E-state index is 4.93. The number of rotatable bonds is 8. The van der Waals surface area contributed by atoms with Crippen molar-refractivity contribution < 1.29 is 41.7 Å². The molecule has 12 aliphatic rings. The number of benzene rings is 4. The first-order valence-corrected chi connectivity index (χ1v) is 72.6. The summed E-state index contributed by atoms with van der Waals surface area (Å²) in [6, 6.07) is 26.7. The average Bonchev–Trinajstić information content (AvgIpc) is 1.59. The molecule has 0 aliphatic heterocycles.